The molecule has 2 saturated carbocycles. The van der Waals surface area contributed by atoms with Crippen LogP contribution in [0.15, 0.2) is 0 Å². The molecule has 106 valence electrons. The van der Waals surface area contributed by atoms with Gasteiger partial charge in [-0.1, -0.05) is 33.6 Å². The first-order chi connectivity index (χ1) is 8.76. The Morgan fingerprint density at radius 1 is 1.17 bits per heavy atom. The summed E-state index contributed by atoms with van der Waals surface area (Å²) in [5.74, 6) is 0.997. The van der Waals surface area contributed by atoms with E-state index in [4.69, 9.17) is 4.74 Å². The molecule has 0 bridgehead atoms. The van der Waals surface area contributed by atoms with Crippen molar-refractivity contribution >= 4 is 0 Å². The Morgan fingerprint density at radius 2 is 1.89 bits per heavy atom. The molecule has 2 fully saturated rings. The van der Waals surface area contributed by atoms with Crippen LogP contribution in [0, 0.1) is 11.3 Å². The van der Waals surface area contributed by atoms with Crippen LogP contribution in [0.4, 0.5) is 0 Å². The molecular formula is C16H31NO. The van der Waals surface area contributed by atoms with Crippen LogP contribution in [0.2, 0.25) is 0 Å². The summed E-state index contributed by atoms with van der Waals surface area (Å²) < 4.78 is 6.20. The second-order valence-electron chi connectivity index (χ2n) is 6.27. The summed E-state index contributed by atoms with van der Waals surface area (Å²) in [7, 11) is 0. The summed E-state index contributed by atoms with van der Waals surface area (Å²) in [6, 6.07) is 0.693. The van der Waals surface area contributed by atoms with Crippen molar-refractivity contribution in [2.75, 3.05) is 13.2 Å². The molecule has 0 saturated heterocycles. The predicted octanol–water partition coefficient (Wildman–Crippen LogP) is 3.75. The average Bonchev–Trinajstić information content (AvgIpc) is 3.17. The summed E-state index contributed by atoms with van der Waals surface area (Å²) >= 11 is 0. The van der Waals surface area contributed by atoms with Crippen LogP contribution in [0.1, 0.15) is 65.7 Å². The van der Waals surface area contributed by atoms with Crippen LogP contribution in [0.25, 0.3) is 0 Å². The maximum Gasteiger partial charge on any atom is 0.0661 e. The molecule has 0 radical (unpaired) electrons. The molecule has 18 heavy (non-hydrogen) atoms. The topological polar surface area (TPSA) is 21.3 Å². The van der Waals surface area contributed by atoms with Crippen molar-refractivity contribution in [2.24, 2.45) is 11.3 Å². The highest BCUT2D eigenvalue weighted by molar-refractivity contribution is 5.06. The average molecular weight is 253 g/mol. The molecule has 0 aliphatic heterocycles. The Bertz CT molecular complexity index is 245. The van der Waals surface area contributed by atoms with E-state index in [2.05, 4.69) is 26.1 Å². The van der Waals surface area contributed by atoms with Crippen molar-refractivity contribution in [3.05, 3.63) is 0 Å². The van der Waals surface area contributed by atoms with E-state index in [0.29, 0.717) is 17.6 Å². The van der Waals surface area contributed by atoms with Gasteiger partial charge in [-0.05, 0) is 44.6 Å². The van der Waals surface area contributed by atoms with Crippen LogP contribution < -0.4 is 5.32 Å². The summed E-state index contributed by atoms with van der Waals surface area (Å²) in [6.07, 6.45) is 9.66. The third-order valence-electron chi connectivity index (χ3n) is 5.28. The van der Waals surface area contributed by atoms with E-state index in [9.17, 15) is 0 Å². The molecule has 2 unspecified atom stereocenters. The number of nitrogens with one attached hydrogen (secondary N) is 1. The van der Waals surface area contributed by atoms with Crippen LogP contribution in [0.5, 0.6) is 0 Å². The van der Waals surface area contributed by atoms with Crippen LogP contribution >= 0.6 is 0 Å². The minimum atomic E-state index is 0.415. The largest absolute Gasteiger partial charge is 0.378 e. The monoisotopic (exact) mass is 253 g/mol. The van der Waals surface area contributed by atoms with E-state index in [0.717, 1.165) is 19.1 Å². The maximum absolute atomic E-state index is 6.20. The van der Waals surface area contributed by atoms with E-state index in [1.807, 2.05) is 0 Å². The standard InChI is InChI=1S/C16H31NO/c1-4-10-17-14-12-15(16(14,5-2)6-3)18-11-9-13-7-8-13/h13-15,17H,4-12H2,1-3H3. The molecule has 2 heteroatoms. The molecule has 2 aliphatic carbocycles. The van der Waals surface area contributed by atoms with Gasteiger partial charge in [0.2, 0.25) is 0 Å². The molecule has 2 nitrogen and oxygen atoms in total. The third-order valence-corrected chi connectivity index (χ3v) is 5.28. The lowest BCUT2D eigenvalue weighted by Gasteiger charge is -2.55. The van der Waals surface area contributed by atoms with E-state index in [1.54, 1.807) is 0 Å². The van der Waals surface area contributed by atoms with Crippen molar-refractivity contribution in [1.82, 2.24) is 5.32 Å². The van der Waals surface area contributed by atoms with E-state index >= 15 is 0 Å². The Balaban J connectivity index is 1.78. The highest BCUT2D eigenvalue weighted by atomic mass is 16.5. The predicted molar refractivity (Wildman–Crippen MR) is 76.8 cm³/mol. The first-order valence-corrected chi connectivity index (χ1v) is 8.11. The van der Waals surface area contributed by atoms with Gasteiger partial charge in [-0.2, -0.15) is 0 Å². The molecule has 0 aromatic heterocycles. The Kier molecular flexibility index (Phi) is 5.08. The Hall–Kier alpha value is -0.0800. The number of ether oxygens (including phenoxy) is 1. The fourth-order valence-electron chi connectivity index (χ4n) is 3.57. The molecule has 2 aliphatic rings. The molecule has 0 heterocycles. The quantitative estimate of drug-likeness (QED) is 0.675. The second-order valence-corrected chi connectivity index (χ2v) is 6.27. The normalized spacial score (nSPS) is 30.2. The minimum Gasteiger partial charge on any atom is -0.378 e. The summed E-state index contributed by atoms with van der Waals surface area (Å²) in [6.45, 7) is 9.06. The van der Waals surface area contributed by atoms with Crippen LogP contribution in [-0.2, 0) is 4.74 Å². The number of rotatable bonds is 9. The molecule has 0 aromatic carbocycles. The van der Waals surface area contributed by atoms with Gasteiger partial charge in [-0.25, -0.2) is 0 Å². The van der Waals surface area contributed by atoms with E-state index in [1.165, 1.54) is 44.9 Å². The van der Waals surface area contributed by atoms with Gasteiger partial charge in [0.05, 0.1) is 6.10 Å². The van der Waals surface area contributed by atoms with Gasteiger partial charge in [0.25, 0.3) is 0 Å². The van der Waals surface area contributed by atoms with Crippen LogP contribution in [0.3, 0.4) is 0 Å². The molecule has 2 rings (SSSR count). The van der Waals surface area contributed by atoms with Crippen molar-refractivity contribution in [2.45, 2.75) is 77.9 Å². The molecule has 2 atom stereocenters. The first kappa shape index (κ1) is 14.3. The van der Waals surface area contributed by atoms with Crippen LogP contribution in [-0.4, -0.2) is 25.3 Å². The van der Waals surface area contributed by atoms with Crippen molar-refractivity contribution in [3.63, 3.8) is 0 Å². The van der Waals surface area contributed by atoms with Gasteiger partial charge in [0.15, 0.2) is 0 Å². The van der Waals surface area contributed by atoms with Crippen molar-refractivity contribution in [1.29, 1.82) is 0 Å². The zero-order valence-electron chi connectivity index (χ0n) is 12.5. The fraction of sp³-hybridized carbons (Fsp3) is 1.00. The first-order valence-electron chi connectivity index (χ1n) is 8.11. The Morgan fingerprint density at radius 3 is 2.44 bits per heavy atom. The zero-order chi connectivity index (χ0) is 13.0. The van der Waals surface area contributed by atoms with Gasteiger partial charge < -0.3 is 10.1 Å². The molecular weight excluding hydrogens is 222 g/mol. The molecule has 0 aromatic rings. The van der Waals surface area contributed by atoms with Crippen molar-refractivity contribution in [3.8, 4) is 0 Å². The fourth-order valence-corrected chi connectivity index (χ4v) is 3.57. The number of hydrogen-bond acceptors (Lipinski definition) is 2. The third kappa shape index (κ3) is 2.91. The highest BCUT2D eigenvalue weighted by Gasteiger charge is 2.52. The van der Waals surface area contributed by atoms with Crippen molar-refractivity contribution < 1.29 is 4.74 Å². The lowest BCUT2D eigenvalue weighted by atomic mass is 9.58. The molecule has 1 N–H and O–H groups in total. The number of hydrogen-bond donors (Lipinski definition) is 1. The van der Waals surface area contributed by atoms with Gasteiger partial charge in [-0.3, -0.25) is 0 Å². The van der Waals surface area contributed by atoms with E-state index < -0.39 is 0 Å². The van der Waals surface area contributed by atoms with Gasteiger partial charge in [0.1, 0.15) is 0 Å². The zero-order valence-corrected chi connectivity index (χ0v) is 12.5. The second kappa shape index (κ2) is 6.38. The van der Waals surface area contributed by atoms with Gasteiger partial charge in [-0.15, -0.1) is 0 Å². The minimum absolute atomic E-state index is 0.415. The summed E-state index contributed by atoms with van der Waals surface area (Å²) in [5.41, 5.74) is 0.415. The smallest absolute Gasteiger partial charge is 0.0661 e. The summed E-state index contributed by atoms with van der Waals surface area (Å²) in [5, 5.41) is 3.72. The van der Waals surface area contributed by atoms with Gasteiger partial charge in [0, 0.05) is 18.1 Å². The van der Waals surface area contributed by atoms with Gasteiger partial charge >= 0.3 is 0 Å². The maximum atomic E-state index is 6.20. The Labute approximate surface area is 113 Å². The van der Waals surface area contributed by atoms with E-state index in [-0.39, 0.29) is 0 Å². The summed E-state index contributed by atoms with van der Waals surface area (Å²) in [4.78, 5) is 0. The lowest BCUT2D eigenvalue weighted by Crippen LogP contribution is -2.63. The molecule has 0 amide bonds. The molecule has 0 spiro atoms. The highest BCUT2D eigenvalue weighted by Crippen LogP contribution is 2.49. The SMILES string of the molecule is CCCNC1CC(OCCC2CC2)C1(CC)CC. The lowest BCUT2D eigenvalue weighted by molar-refractivity contribution is -0.141.